The minimum Gasteiger partial charge on any atom is -0.353 e. The highest BCUT2D eigenvalue weighted by molar-refractivity contribution is 7.89. The molecule has 1 saturated heterocycles. The summed E-state index contributed by atoms with van der Waals surface area (Å²) in [5, 5.41) is 11.3. The zero-order chi connectivity index (χ0) is 25.8. The average Bonchev–Trinajstić information content (AvgIpc) is 3.35. The highest BCUT2D eigenvalue weighted by Gasteiger charge is 2.16. The van der Waals surface area contributed by atoms with Gasteiger partial charge in [0.15, 0.2) is 0 Å². The molecule has 0 atom stereocenters. The zero-order valence-corrected chi connectivity index (χ0v) is 21.4. The van der Waals surface area contributed by atoms with Crippen molar-refractivity contribution >= 4 is 43.1 Å². The van der Waals surface area contributed by atoms with Crippen molar-refractivity contribution in [2.75, 3.05) is 36.8 Å². The first-order chi connectivity index (χ1) is 17.1. The van der Waals surface area contributed by atoms with E-state index in [0.29, 0.717) is 36.1 Å². The number of hydrogen-bond acceptors (Lipinski definition) is 9. The van der Waals surface area contributed by atoms with Crippen LogP contribution in [0.2, 0.25) is 0 Å². The fourth-order valence-corrected chi connectivity index (χ4v) is 5.36. The van der Waals surface area contributed by atoms with Crippen LogP contribution in [0, 0.1) is 6.92 Å². The molecular formula is C23H29N7O4S2. The van der Waals surface area contributed by atoms with Gasteiger partial charge in [-0.05, 0) is 74.8 Å². The highest BCUT2D eigenvalue weighted by Crippen LogP contribution is 2.24. The Morgan fingerprint density at radius 2 is 1.53 bits per heavy atom. The van der Waals surface area contributed by atoms with Crippen molar-refractivity contribution in [2.24, 2.45) is 5.14 Å². The van der Waals surface area contributed by atoms with Gasteiger partial charge in [0.2, 0.25) is 26.0 Å². The first-order valence-electron chi connectivity index (χ1n) is 11.4. The molecular weight excluding hydrogens is 502 g/mol. The van der Waals surface area contributed by atoms with Gasteiger partial charge in [0.1, 0.15) is 0 Å². The van der Waals surface area contributed by atoms with Crippen molar-refractivity contribution in [3.63, 3.8) is 0 Å². The van der Waals surface area contributed by atoms with E-state index in [-0.39, 0.29) is 9.79 Å². The summed E-state index contributed by atoms with van der Waals surface area (Å²) in [6.45, 7) is 4.96. The molecule has 1 aliphatic rings. The lowest BCUT2D eigenvalue weighted by atomic mass is 10.2. The van der Waals surface area contributed by atoms with Gasteiger partial charge in [-0.3, -0.25) is 0 Å². The van der Waals surface area contributed by atoms with Crippen molar-refractivity contribution in [1.82, 2.24) is 19.6 Å². The second-order valence-electron chi connectivity index (χ2n) is 8.54. The highest BCUT2D eigenvalue weighted by atomic mass is 32.2. The molecule has 0 amide bonds. The van der Waals surface area contributed by atoms with Gasteiger partial charge in [-0.25, -0.2) is 36.7 Å². The van der Waals surface area contributed by atoms with Gasteiger partial charge in [0.05, 0.1) is 27.9 Å². The van der Waals surface area contributed by atoms with Gasteiger partial charge in [-0.15, -0.1) is 0 Å². The minimum absolute atomic E-state index is 0.00191. The van der Waals surface area contributed by atoms with Crippen LogP contribution < -0.4 is 20.5 Å². The summed E-state index contributed by atoms with van der Waals surface area (Å²) >= 11 is 0. The molecule has 0 aliphatic carbocycles. The molecule has 0 spiro atoms. The van der Waals surface area contributed by atoms with Crippen molar-refractivity contribution in [1.29, 1.82) is 0 Å². The van der Waals surface area contributed by atoms with Crippen molar-refractivity contribution in [3.8, 4) is 0 Å². The van der Waals surface area contributed by atoms with Gasteiger partial charge < -0.3 is 15.5 Å². The third-order valence-electron chi connectivity index (χ3n) is 5.81. The van der Waals surface area contributed by atoms with E-state index in [4.69, 9.17) is 5.14 Å². The number of nitrogens with zero attached hydrogens (tertiary/aromatic N) is 3. The number of aromatic nitrogens is 2. The quantitative estimate of drug-likeness (QED) is 0.308. The standard InChI is InChI=1S/C23H29N7O4S2/c1-17-4-7-21(35(24,31)32)14-22(17)28-19-15-25-23(26-16-19)29-18-5-8-20(9-6-18)36(33,34)27-10-13-30-11-2-3-12-30/h4-9,14-16,27-28H,2-3,10-13H2,1H3,(H2,24,31,32)(H,25,26,29). The average molecular weight is 532 g/mol. The second-order valence-corrected chi connectivity index (χ2v) is 11.9. The lowest BCUT2D eigenvalue weighted by molar-refractivity contribution is 0.344. The van der Waals surface area contributed by atoms with Crippen LogP contribution in [0.15, 0.2) is 64.6 Å². The molecule has 13 heteroatoms. The monoisotopic (exact) mass is 531 g/mol. The van der Waals surface area contributed by atoms with Gasteiger partial charge in [0, 0.05) is 24.5 Å². The molecule has 0 radical (unpaired) electrons. The molecule has 5 N–H and O–H groups in total. The molecule has 3 aromatic rings. The number of nitrogens with one attached hydrogen (secondary N) is 3. The lowest BCUT2D eigenvalue weighted by Gasteiger charge is -2.15. The van der Waals surface area contributed by atoms with E-state index in [1.807, 2.05) is 6.92 Å². The first kappa shape index (κ1) is 26.0. The maximum absolute atomic E-state index is 12.5. The van der Waals surface area contributed by atoms with Crippen molar-refractivity contribution < 1.29 is 16.8 Å². The second kappa shape index (κ2) is 10.9. The predicted octanol–water partition coefficient (Wildman–Crippen LogP) is 2.29. The van der Waals surface area contributed by atoms with Crippen LogP contribution in [0.1, 0.15) is 18.4 Å². The summed E-state index contributed by atoms with van der Waals surface area (Å²) in [6, 6.07) is 10.9. The Bertz CT molecular complexity index is 1410. The van der Waals surface area contributed by atoms with E-state index in [1.165, 1.54) is 37.1 Å². The largest absolute Gasteiger partial charge is 0.353 e. The summed E-state index contributed by atoms with van der Waals surface area (Å²) in [4.78, 5) is 11.0. The number of hydrogen-bond donors (Lipinski definition) is 4. The molecule has 0 saturated carbocycles. The lowest BCUT2D eigenvalue weighted by Crippen LogP contribution is -2.33. The van der Waals surface area contributed by atoms with Crippen LogP contribution in [-0.4, -0.2) is 57.9 Å². The Balaban J connectivity index is 1.35. The maximum Gasteiger partial charge on any atom is 0.240 e. The van der Waals surface area contributed by atoms with Crippen molar-refractivity contribution in [3.05, 3.63) is 60.4 Å². The normalized spacial score (nSPS) is 14.6. The minimum atomic E-state index is -3.82. The molecule has 2 heterocycles. The van der Waals surface area contributed by atoms with E-state index in [2.05, 4.69) is 30.2 Å². The number of anilines is 4. The van der Waals surface area contributed by atoms with Gasteiger partial charge in [-0.2, -0.15) is 0 Å². The molecule has 1 fully saturated rings. The van der Waals surface area contributed by atoms with Crippen LogP contribution in [0.25, 0.3) is 0 Å². The first-order valence-corrected chi connectivity index (χ1v) is 14.4. The molecule has 0 unspecified atom stereocenters. The smallest absolute Gasteiger partial charge is 0.240 e. The van der Waals surface area contributed by atoms with Crippen LogP contribution in [0.5, 0.6) is 0 Å². The number of likely N-dealkylation sites (tertiary alicyclic amines) is 1. The van der Waals surface area contributed by atoms with Crippen LogP contribution in [0.3, 0.4) is 0 Å². The summed E-state index contributed by atoms with van der Waals surface area (Å²) in [5.74, 6) is 0.315. The Labute approximate surface area is 211 Å². The Morgan fingerprint density at radius 3 is 2.17 bits per heavy atom. The van der Waals surface area contributed by atoms with E-state index >= 15 is 0 Å². The molecule has 0 bridgehead atoms. The third kappa shape index (κ3) is 6.77. The number of primary sulfonamides is 1. The molecule has 36 heavy (non-hydrogen) atoms. The molecule has 1 aromatic heterocycles. The Morgan fingerprint density at radius 1 is 0.889 bits per heavy atom. The maximum atomic E-state index is 12.5. The molecule has 4 rings (SSSR count). The number of rotatable bonds is 10. The van der Waals surface area contributed by atoms with Crippen molar-refractivity contribution in [2.45, 2.75) is 29.6 Å². The summed E-state index contributed by atoms with van der Waals surface area (Å²) in [7, 11) is -7.40. The van der Waals surface area contributed by atoms with Gasteiger partial charge >= 0.3 is 0 Å². The van der Waals surface area contributed by atoms with Crippen LogP contribution >= 0.6 is 0 Å². The Kier molecular flexibility index (Phi) is 7.85. The molecule has 2 aromatic carbocycles. The molecule has 11 nitrogen and oxygen atoms in total. The van der Waals surface area contributed by atoms with Crippen LogP contribution in [0.4, 0.5) is 23.0 Å². The molecule has 1 aliphatic heterocycles. The van der Waals surface area contributed by atoms with Crippen LogP contribution in [-0.2, 0) is 20.0 Å². The van der Waals surface area contributed by atoms with E-state index in [9.17, 15) is 16.8 Å². The summed E-state index contributed by atoms with van der Waals surface area (Å²) < 4.78 is 51.0. The third-order valence-corrected chi connectivity index (χ3v) is 8.20. The number of sulfonamides is 2. The van der Waals surface area contributed by atoms with E-state index in [1.54, 1.807) is 30.6 Å². The summed E-state index contributed by atoms with van der Waals surface area (Å²) in [6.07, 6.45) is 5.42. The summed E-state index contributed by atoms with van der Waals surface area (Å²) in [5.41, 5.74) is 2.57. The topological polar surface area (TPSA) is 159 Å². The number of aryl methyl sites for hydroxylation is 1. The van der Waals surface area contributed by atoms with Gasteiger partial charge in [0.25, 0.3) is 0 Å². The molecule has 192 valence electrons. The SMILES string of the molecule is Cc1ccc(S(N)(=O)=O)cc1Nc1cnc(Nc2ccc(S(=O)(=O)NCCN3CCCC3)cc2)nc1. The zero-order valence-electron chi connectivity index (χ0n) is 19.8. The van der Waals surface area contributed by atoms with Gasteiger partial charge in [-0.1, -0.05) is 6.07 Å². The predicted molar refractivity (Wildman–Crippen MR) is 138 cm³/mol. The van der Waals surface area contributed by atoms with E-state index < -0.39 is 20.0 Å². The Hall–Kier alpha value is -3.10. The van der Waals surface area contributed by atoms with E-state index in [0.717, 1.165) is 18.7 Å². The fraction of sp³-hybridized carbons (Fsp3) is 0.304. The number of nitrogens with two attached hydrogens (primary N) is 1. The fourth-order valence-electron chi connectivity index (χ4n) is 3.80. The number of benzene rings is 2.